The van der Waals surface area contributed by atoms with Gasteiger partial charge in [0.2, 0.25) is 0 Å². The molecule has 1 aliphatic carbocycles. The van der Waals surface area contributed by atoms with E-state index in [4.69, 9.17) is 0 Å². The summed E-state index contributed by atoms with van der Waals surface area (Å²) in [4.78, 5) is 39.0. The van der Waals surface area contributed by atoms with Crippen LogP contribution in [-0.2, 0) is 22.4 Å². The number of hydrogen-bond donors (Lipinski definition) is 1. The fraction of sp³-hybridized carbons (Fsp3) is 0.364. The summed E-state index contributed by atoms with van der Waals surface area (Å²) in [5.41, 5.74) is 4.30. The molecule has 4 amide bonds. The average Bonchev–Trinajstić information content (AvgIpc) is 3.21. The summed E-state index contributed by atoms with van der Waals surface area (Å²) in [5.74, 6) is -1.29. The molecule has 0 atom stereocenters. The lowest BCUT2D eigenvalue weighted by Crippen LogP contribution is -2.53. The standard InChI is InChI=1S/C22H22N4O3S/c1-4-25-20(28)16(19(27)24-22(25)29)10-14-9-12(2)26(13(14)3)21-17(11-23)15-7-5-6-8-18(15)30-21/h9-10H,4-8H2,1-3H3,(H,24,27,29)/b16-10-. The lowest BCUT2D eigenvalue weighted by molar-refractivity contribution is -0.129. The first-order chi connectivity index (χ1) is 14.4. The molecule has 1 N–H and O–H groups in total. The van der Waals surface area contributed by atoms with Crippen molar-refractivity contribution < 1.29 is 14.4 Å². The zero-order valence-corrected chi connectivity index (χ0v) is 18.0. The SMILES string of the molecule is CCN1C(=O)NC(=O)/C(=C/c2cc(C)n(-c3sc4c(c3C#N)CCCC4)c2C)C1=O. The Morgan fingerprint density at radius 3 is 2.67 bits per heavy atom. The van der Waals surface area contributed by atoms with Crippen molar-refractivity contribution in [1.82, 2.24) is 14.8 Å². The Balaban J connectivity index is 1.81. The molecule has 1 fully saturated rings. The lowest BCUT2D eigenvalue weighted by Gasteiger charge is -2.24. The molecule has 2 aromatic rings. The maximum absolute atomic E-state index is 12.6. The molecular weight excluding hydrogens is 400 g/mol. The third-order valence-electron chi connectivity index (χ3n) is 5.74. The number of imide groups is 2. The van der Waals surface area contributed by atoms with Gasteiger partial charge in [-0.1, -0.05) is 0 Å². The molecule has 0 aromatic carbocycles. The van der Waals surface area contributed by atoms with Gasteiger partial charge in [-0.3, -0.25) is 19.8 Å². The van der Waals surface area contributed by atoms with Crippen LogP contribution in [0.1, 0.15) is 52.7 Å². The van der Waals surface area contributed by atoms with Crippen molar-refractivity contribution in [2.75, 3.05) is 6.54 Å². The van der Waals surface area contributed by atoms with Gasteiger partial charge in [-0.05, 0) is 69.7 Å². The van der Waals surface area contributed by atoms with Gasteiger partial charge in [-0.2, -0.15) is 5.26 Å². The van der Waals surface area contributed by atoms with Crippen LogP contribution in [0.25, 0.3) is 11.1 Å². The van der Waals surface area contributed by atoms with Crippen LogP contribution < -0.4 is 5.32 Å². The highest BCUT2D eigenvalue weighted by Crippen LogP contribution is 2.38. The highest BCUT2D eigenvalue weighted by molar-refractivity contribution is 7.15. The summed E-state index contributed by atoms with van der Waals surface area (Å²) in [5, 5.41) is 12.9. The summed E-state index contributed by atoms with van der Waals surface area (Å²) < 4.78 is 2.03. The fourth-order valence-corrected chi connectivity index (χ4v) is 5.66. The number of urea groups is 1. The van der Waals surface area contributed by atoms with Crippen LogP contribution in [-0.4, -0.2) is 33.9 Å². The van der Waals surface area contributed by atoms with E-state index in [-0.39, 0.29) is 12.1 Å². The molecule has 2 aromatic heterocycles. The van der Waals surface area contributed by atoms with Gasteiger partial charge in [0.05, 0.1) is 5.56 Å². The summed E-state index contributed by atoms with van der Waals surface area (Å²) in [6.45, 7) is 5.71. The first-order valence-corrected chi connectivity index (χ1v) is 10.8. The minimum atomic E-state index is -0.696. The fourth-order valence-electron chi connectivity index (χ4n) is 4.21. The van der Waals surface area contributed by atoms with Crippen molar-refractivity contribution in [3.63, 3.8) is 0 Å². The minimum absolute atomic E-state index is 0.0670. The molecule has 7 nitrogen and oxygen atoms in total. The van der Waals surface area contributed by atoms with Crippen molar-refractivity contribution in [3.05, 3.63) is 44.6 Å². The number of carbonyl (C=O) groups excluding carboxylic acids is 3. The summed E-state index contributed by atoms with van der Waals surface area (Å²) in [6, 6.07) is 3.59. The average molecular weight is 423 g/mol. The van der Waals surface area contributed by atoms with E-state index in [1.807, 2.05) is 24.5 Å². The van der Waals surface area contributed by atoms with E-state index in [2.05, 4.69) is 11.4 Å². The Morgan fingerprint density at radius 1 is 1.23 bits per heavy atom. The number of nitriles is 1. The number of rotatable bonds is 3. The summed E-state index contributed by atoms with van der Waals surface area (Å²) in [6.07, 6.45) is 5.71. The van der Waals surface area contributed by atoms with E-state index in [1.165, 1.54) is 11.0 Å². The van der Waals surface area contributed by atoms with Gasteiger partial charge in [0.1, 0.15) is 16.6 Å². The Kier molecular flexibility index (Phi) is 5.08. The Hall–Kier alpha value is -3.18. The number of nitrogens with zero attached hydrogens (tertiary/aromatic N) is 3. The van der Waals surface area contributed by atoms with Crippen LogP contribution in [0.15, 0.2) is 11.6 Å². The zero-order chi connectivity index (χ0) is 21.6. The second-order valence-electron chi connectivity index (χ2n) is 7.53. The van der Waals surface area contributed by atoms with Gasteiger partial charge in [0, 0.05) is 22.8 Å². The number of aromatic nitrogens is 1. The van der Waals surface area contributed by atoms with E-state index in [9.17, 15) is 19.6 Å². The van der Waals surface area contributed by atoms with E-state index < -0.39 is 17.8 Å². The number of thiophene rings is 1. The molecule has 0 radical (unpaired) electrons. The van der Waals surface area contributed by atoms with Crippen LogP contribution in [0.4, 0.5) is 4.79 Å². The van der Waals surface area contributed by atoms with E-state index in [0.29, 0.717) is 5.56 Å². The Bertz CT molecular complexity index is 1160. The van der Waals surface area contributed by atoms with Crippen LogP contribution in [0.2, 0.25) is 0 Å². The first kappa shape index (κ1) is 20.1. The third kappa shape index (κ3) is 3.06. The van der Waals surface area contributed by atoms with Crippen LogP contribution in [0.5, 0.6) is 0 Å². The van der Waals surface area contributed by atoms with E-state index >= 15 is 0 Å². The maximum atomic E-state index is 12.6. The molecule has 0 unspecified atom stereocenters. The normalized spacial score (nSPS) is 17.9. The first-order valence-electron chi connectivity index (χ1n) is 10.00. The van der Waals surface area contributed by atoms with Gasteiger partial charge in [-0.15, -0.1) is 11.3 Å². The smallest absolute Gasteiger partial charge is 0.308 e. The predicted octanol–water partition coefficient (Wildman–Crippen LogP) is 3.39. The number of carbonyl (C=O) groups is 3. The zero-order valence-electron chi connectivity index (χ0n) is 17.2. The summed E-state index contributed by atoms with van der Waals surface area (Å²) >= 11 is 1.65. The number of nitrogens with one attached hydrogen (secondary N) is 1. The van der Waals surface area contributed by atoms with Gasteiger partial charge >= 0.3 is 6.03 Å². The molecular formula is C22H22N4O3S. The number of fused-ring (bicyclic) bond motifs is 1. The van der Waals surface area contributed by atoms with E-state index in [1.54, 1.807) is 18.3 Å². The maximum Gasteiger partial charge on any atom is 0.331 e. The second-order valence-corrected chi connectivity index (χ2v) is 8.62. The summed E-state index contributed by atoms with van der Waals surface area (Å²) in [7, 11) is 0. The van der Waals surface area contributed by atoms with Crippen LogP contribution in [0.3, 0.4) is 0 Å². The molecule has 0 saturated carbocycles. The molecule has 1 saturated heterocycles. The topological polar surface area (TPSA) is 95.2 Å². The molecule has 3 heterocycles. The van der Waals surface area contributed by atoms with Crippen molar-refractivity contribution >= 4 is 35.3 Å². The highest BCUT2D eigenvalue weighted by Gasteiger charge is 2.35. The Morgan fingerprint density at radius 2 is 1.97 bits per heavy atom. The molecule has 1 aliphatic heterocycles. The number of aryl methyl sites for hydroxylation is 2. The quantitative estimate of drug-likeness (QED) is 0.606. The van der Waals surface area contributed by atoms with Crippen molar-refractivity contribution in [2.45, 2.75) is 46.5 Å². The van der Waals surface area contributed by atoms with Crippen LogP contribution in [0, 0.1) is 25.2 Å². The number of barbiturate groups is 1. The second kappa shape index (κ2) is 7.58. The molecule has 2 aliphatic rings. The largest absolute Gasteiger partial charge is 0.331 e. The number of hydrogen-bond acceptors (Lipinski definition) is 5. The number of amides is 4. The molecule has 0 bridgehead atoms. The van der Waals surface area contributed by atoms with Gasteiger partial charge in [0.25, 0.3) is 11.8 Å². The molecule has 4 rings (SSSR count). The van der Waals surface area contributed by atoms with Crippen molar-refractivity contribution in [2.24, 2.45) is 0 Å². The monoisotopic (exact) mass is 422 g/mol. The molecule has 8 heteroatoms. The third-order valence-corrected chi connectivity index (χ3v) is 7.02. The molecule has 0 spiro atoms. The Labute approximate surface area is 178 Å². The molecule has 30 heavy (non-hydrogen) atoms. The lowest BCUT2D eigenvalue weighted by atomic mass is 9.96. The van der Waals surface area contributed by atoms with Gasteiger partial charge < -0.3 is 4.57 Å². The minimum Gasteiger partial charge on any atom is -0.308 e. The van der Waals surface area contributed by atoms with Crippen molar-refractivity contribution in [3.8, 4) is 11.1 Å². The highest BCUT2D eigenvalue weighted by atomic mass is 32.1. The van der Waals surface area contributed by atoms with Gasteiger partial charge in [-0.25, -0.2) is 4.79 Å². The molecule has 154 valence electrons. The van der Waals surface area contributed by atoms with E-state index in [0.717, 1.165) is 58.1 Å². The predicted molar refractivity (Wildman–Crippen MR) is 113 cm³/mol. The van der Waals surface area contributed by atoms with Crippen molar-refractivity contribution in [1.29, 1.82) is 5.26 Å². The van der Waals surface area contributed by atoms with Crippen LogP contribution >= 0.6 is 11.3 Å². The van der Waals surface area contributed by atoms with Gasteiger partial charge in [0.15, 0.2) is 0 Å². The number of likely N-dealkylation sites (N-methyl/N-ethyl adjacent to an activating group) is 1.